The lowest BCUT2D eigenvalue weighted by Crippen LogP contribution is -2.41. The van der Waals surface area contributed by atoms with Gasteiger partial charge in [0.25, 0.3) is 0 Å². The van der Waals surface area contributed by atoms with Gasteiger partial charge in [0.15, 0.2) is 0 Å². The molecule has 0 spiro atoms. The molecular weight excluding hydrogens is 264 g/mol. The third kappa shape index (κ3) is 3.47. The Morgan fingerprint density at radius 3 is 2.71 bits per heavy atom. The van der Waals surface area contributed by atoms with Crippen LogP contribution < -0.4 is 16.3 Å². The molecule has 112 valence electrons. The molecular formula is C16H22N4O. The van der Waals surface area contributed by atoms with Gasteiger partial charge < -0.3 is 10.5 Å². The number of allylic oxidation sites excluding steroid dienone is 1. The van der Waals surface area contributed by atoms with E-state index in [9.17, 15) is 5.26 Å². The van der Waals surface area contributed by atoms with Crippen LogP contribution in [0.15, 0.2) is 23.9 Å². The minimum atomic E-state index is 0.233. The van der Waals surface area contributed by atoms with Crippen LogP contribution in [0.3, 0.4) is 0 Å². The van der Waals surface area contributed by atoms with Crippen molar-refractivity contribution in [1.82, 2.24) is 5.01 Å². The third-order valence-corrected chi connectivity index (χ3v) is 3.93. The zero-order chi connectivity index (χ0) is 15.2. The first-order chi connectivity index (χ1) is 10.2. The molecule has 0 heterocycles. The van der Waals surface area contributed by atoms with Crippen molar-refractivity contribution < 1.29 is 4.74 Å². The summed E-state index contributed by atoms with van der Waals surface area (Å²) in [6.45, 7) is 0. The number of para-hydroxylation sites is 1. The summed E-state index contributed by atoms with van der Waals surface area (Å²) in [6.07, 6.45) is 7.38. The monoisotopic (exact) mass is 286 g/mol. The molecule has 1 aromatic carbocycles. The van der Waals surface area contributed by atoms with Crippen molar-refractivity contribution in [2.75, 3.05) is 12.8 Å². The minimum Gasteiger partial charge on any atom is -0.494 e. The second kappa shape index (κ2) is 7.00. The van der Waals surface area contributed by atoms with Crippen molar-refractivity contribution in [2.24, 2.45) is 5.84 Å². The summed E-state index contributed by atoms with van der Waals surface area (Å²) >= 11 is 0. The average molecular weight is 286 g/mol. The maximum absolute atomic E-state index is 9.41. The van der Waals surface area contributed by atoms with Gasteiger partial charge in [-0.25, -0.2) is 5.84 Å². The van der Waals surface area contributed by atoms with Crippen LogP contribution in [0.25, 0.3) is 6.08 Å². The molecule has 1 fully saturated rings. The fraction of sp³-hybridized carbons (Fsp3) is 0.438. The summed E-state index contributed by atoms with van der Waals surface area (Å²) in [6, 6.07) is 7.88. The van der Waals surface area contributed by atoms with Crippen LogP contribution in [-0.4, -0.2) is 18.2 Å². The topological polar surface area (TPSA) is 88.3 Å². The van der Waals surface area contributed by atoms with E-state index in [2.05, 4.69) is 6.07 Å². The molecule has 5 nitrogen and oxygen atoms in total. The molecule has 5 heteroatoms. The van der Waals surface area contributed by atoms with Gasteiger partial charge in [-0.05, 0) is 25.0 Å². The molecule has 2 rings (SSSR count). The Morgan fingerprint density at radius 2 is 2.10 bits per heavy atom. The van der Waals surface area contributed by atoms with Gasteiger partial charge >= 0.3 is 0 Å². The first-order valence-corrected chi connectivity index (χ1v) is 7.25. The minimum absolute atomic E-state index is 0.233. The highest BCUT2D eigenvalue weighted by Crippen LogP contribution is 2.29. The number of nitrogen functional groups attached to an aromatic ring is 1. The van der Waals surface area contributed by atoms with Crippen molar-refractivity contribution in [2.45, 2.75) is 38.1 Å². The maximum atomic E-state index is 9.41. The molecule has 0 saturated heterocycles. The van der Waals surface area contributed by atoms with Crippen molar-refractivity contribution >= 4 is 11.8 Å². The Morgan fingerprint density at radius 1 is 1.38 bits per heavy atom. The van der Waals surface area contributed by atoms with Gasteiger partial charge in [-0.1, -0.05) is 31.4 Å². The summed E-state index contributed by atoms with van der Waals surface area (Å²) in [5.41, 5.74) is 7.63. The van der Waals surface area contributed by atoms with Gasteiger partial charge in [0.05, 0.1) is 12.8 Å². The van der Waals surface area contributed by atoms with E-state index in [0.29, 0.717) is 17.1 Å². The van der Waals surface area contributed by atoms with Gasteiger partial charge in [0.1, 0.15) is 17.5 Å². The largest absolute Gasteiger partial charge is 0.494 e. The standard InChI is InChI=1S/C16H22N4O/c1-21-16-12(6-5-9-15(16)18)10-14(11-17)20(19)13-7-3-2-4-8-13/h5-6,9-10,13H,2-4,7-8,18-19H2,1H3/b14-10+. The molecule has 0 aliphatic heterocycles. The lowest BCUT2D eigenvalue weighted by Gasteiger charge is -2.31. The van der Waals surface area contributed by atoms with E-state index in [4.69, 9.17) is 16.3 Å². The zero-order valence-corrected chi connectivity index (χ0v) is 12.4. The number of nitrogens with zero attached hydrogens (tertiary/aromatic N) is 2. The molecule has 0 amide bonds. The van der Waals surface area contributed by atoms with Crippen LogP contribution in [0.1, 0.15) is 37.7 Å². The third-order valence-electron chi connectivity index (χ3n) is 3.93. The summed E-state index contributed by atoms with van der Waals surface area (Å²) in [7, 11) is 1.57. The van der Waals surface area contributed by atoms with Crippen molar-refractivity contribution in [3.63, 3.8) is 0 Å². The van der Waals surface area contributed by atoms with Gasteiger partial charge in [-0.3, -0.25) is 5.01 Å². The smallest absolute Gasteiger partial charge is 0.149 e. The number of nitriles is 1. The van der Waals surface area contributed by atoms with E-state index in [1.807, 2.05) is 12.1 Å². The van der Waals surface area contributed by atoms with Crippen LogP contribution in [0.2, 0.25) is 0 Å². The molecule has 1 saturated carbocycles. The van der Waals surface area contributed by atoms with Crippen LogP contribution in [0.5, 0.6) is 5.75 Å². The molecule has 1 aliphatic rings. The molecule has 0 aromatic heterocycles. The summed E-state index contributed by atoms with van der Waals surface area (Å²) in [5, 5.41) is 11.0. The summed E-state index contributed by atoms with van der Waals surface area (Å²) < 4.78 is 5.31. The van der Waals surface area contributed by atoms with E-state index in [1.54, 1.807) is 24.3 Å². The Bertz CT molecular complexity index is 556. The fourth-order valence-corrected chi connectivity index (χ4v) is 2.79. The number of nitrogens with two attached hydrogens (primary N) is 2. The molecule has 0 atom stereocenters. The second-order valence-electron chi connectivity index (χ2n) is 5.31. The van der Waals surface area contributed by atoms with Crippen molar-refractivity contribution in [3.05, 3.63) is 29.5 Å². The number of hydrazine groups is 1. The molecule has 21 heavy (non-hydrogen) atoms. The lowest BCUT2D eigenvalue weighted by atomic mass is 9.94. The van der Waals surface area contributed by atoms with Gasteiger partial charge in [0.2, 0.25) is 0 Å². The van der Waals surface area contributed by atoms with Crippen molar-refractivity contribution in [3.8, 4) is 11.8 Å². The SMILES string of the molecule is COc1c(N)cccc1/C=C(\C#N)N(N)C1CCCCC1. The molecule has 1 aliphatic carbocycles. The Labute approximate surface area is 125 Å². The van der Waals surface area contributed by atoms with E-state index in [0.717, 1.165) is 18.4 Å². The Hall–Kier alpha value is -2.19. The number of rotatable bonds is 4. The quantitative estimate of drug-likeness (QED) is 0.384. The molecule has 0 radical (unpaired) electrons. The average Bonchev–Trinajstić information content (AvgIpc) is 2.53. The predicted molar refractivity (Wildman–Crippen MR) is 83.9 cm³/mol. The van der Waals surface area contributed by atoms with Gasteiger partial charge in [0, 0.05) is 11.6 Å². The number of benzene rings is 1. The van der Waals surface area contributed by atoms with Gasteiger partial charge in [-0.15, -0.1) is 0 Å². The second-order valence-corrected chi connectivity index (χ2v) is 5.31. The summed E-state index contributed by atoms with van der Waals surface area (Å²) in [4.78, 5) is 0. The number of hydrogen-bond donors (Lipinski definition) is 2. The molecule has 4 N–H and O–H groups in total. The normalized spacial score (nSPS) is 16.3. The van der Waals surface area contributed by atoms with Crippen molar-refractivity contribution in [1.29, 1.82) is 5.26 Å². The molecule has 1 aromatic rings. The fourth-order valence-electron chi connectivity index (χ4n) is 2.79. The van der Waals surface area contributed by atoms with E-state index in [-0.39, 0.29) is 6.04 Å². The van der Waals surface area contributed by atoms with Gasteiger partial charge in [-0.2, -0.15) is 5.26 Å². The molecule has 0 unspecified atom stereocenters. The van der Waals surface area contributed by atoms with E-state index in [1.165, 1.54) is 19.3 Å². The predicted octanol–water partition coefficient (Wildman–Crippen LogP) is 2.65. The highest BCUT2D eigenvalue weighted by molar-refractivity contribution is 5.69. The first kappa shape index (κ1) is 15.2. The first-order valence-electron chi connectivity index (χ1n) is 7.25. The highest BCUT2D eigenvalue weighted by atomic mass is 16.5. The molecule has 0 bridgehead atoms. The number of ether oxygens (including phenoxy) is 1. The van der Waals surface area contributed by atoms with Crippen LogP contribution in [-0.2, 0) is 0 Å². The van der Waals surface area contributed by atoms with Crippen LogP contribution >= 0.6 is 0 Å². The van der Waals surface area contributed by atoms with E-state index < -0.39 is 0 Å². The maximum Gasteiger partial charge on any atom is 0.149 e. The summed E-state index contributed by atoms with van der Waals surface area (Å²) in [5.74, 6) is 6.72. The van der Waals surface area contributed by atoms with Crippen LogP contribution in [0.4, 0.5) is 5.69 Å². The Balaban J connectivity index is 2.28. The van der Waals surface area contributed by atoms with Crippen LogP contribution in [0, 0.1) is 11.3 Å². The van der Waals surface area contributed by atoms with E-state index >= 15 is 0 Å². The number of hydrogen-bond acceptors (Lipinski definition) is 5. The number of anilines is 1. The Kier molecular flexibility index (Phi) is 5.07. The zero-order valence-electron chi connectivity index (χ0n) is 12.4. The lowest BCUT2D eigenvalue weighted by molar-refractivity contribution is 0.212. The highest BCUT2D eigenvalue weighted by Gasteiger charge is 2.21. The number of methoxy groups -OCH3 is 1.